The van der Waals surface area contributed by atoms with Gasteiger partial charge in [-0.15, -0.1) is 23.2 Å². The number of alkyl halides is 3. The van der Waals surface area contributed by atoms with E-state index in [0.717, 1.165) is 12.5 Å². The zero-order chi connectivity index (χ0) is 30.3. The van der Waals surface area contributed by atoms with Gasteiger partial charge < -0.3 is 4.74 Å². The van der Waals surface area contributed by atoms with Gasteiger partial charge in [0.15, 0.2) is 17.2 Å². The van der Waals surface area contributed by atoms with Gasteiger partial charge in [0.25, 0.3) is 20.2 Å². The largest absolute Gasteiger partial charge is 0.451 e. The van der Waals surface area contributed by atoms with Crippen molar-refractivity contribution in [1.29, 1.82) is 0 Å². The van der Waals surface area contributed by atoms with Crippen LogP contribution in [0.4, 0.5) is 0 Å². The monoisotopic (exact) mass is 752 g/mol. The van der Waals surface area contributed by atoms with Crippen molar-refractivity contribution < 1.29 is 44.3 Å². The summed E-state index contributed by atoms with van der Waals surface area (Å²) < 4.78 is 67.2. The molecule has 4 rings (SSSR count). The number of Topliss-reactive ketones (excluding diaryl/α,β-unsaturated/α-hetero) is 1. The molecule has 0 aliphatic heterocycles. The molecule has 15 heteroatoms. The normalized spacial score (nSPS) is 42.9. The van der Waals surface area contributed by atoms with Crippen molar-refractivity contribution in [2.45, 2.75) is 68.1 Å². The van der Waals surface area contributed by atoms with E-state index in [1.165, 1.54) is 19.1 Å². The lowest BCUT2D eigenvalue weighted by molar-refractivity contribution is -0.189. The van der Waals surface area contributed by atoms with Crippen molar-refractivity contribution in [2.24, 2.45) is 22.7 Å². The van der Waals surface area contributed by atoms with Gasteiger partial charge in [-0.1, -0.05) is 42.5 Å². The number of halogens is 3. The summed E-state index contributed by atoms with van der Waals surface area (Å²) in [4.78, 5) is 36.9. The first kappa shape index (κ1) is 32.3. The molecule has 0 spiro atoms. The third-order valence-electron chi connectivity index (χ3n) is 9.21. The predicted octanol–water partition coefficient (Wildman–Crippen LogP) is 3.09. The zero-order valence-corrected chi connectivity index (χ0v) is 27.8. The van der Waals surface area contributed by atoms with E-state index < -0.39 is 82.7 Å². The van der Waals surface area contributed by atoms with E-state index >= 15 is 0 Å². The Morgan fingerprint density at radius 1 is 1.12 bits per heavy atom. The summed E-state index contributed by atoms with van der Waals surface area (Å²) in [6, 6.07) is 0. The number of carbonyl (C=O) groups is 3. The van der Waals surface area contributed by atoms with Crippen LogP contribution in [-0.2, 0) is 47.7 Å². The maximum atomic E-state index is 13.5. The molecule has 4 aliphatic rings. The number of hydrogen-bond donors (Lipinski definition) is 0. The van der Waals surface area contributed by atoms with Crippen molar-refractivity contribution in [2.75, 3.05) is 16.9 Å². The molecule has 0 saturated heterocycles. The number of esters is 1. The van der Waals surface area contributed by atoms with Crippen LogP contribution in [0.15, 0.2) is 23.8 Å². The lowest BCUT2D eigenvalue weighted by Crippen LogP contribution is -2.73. The highest BCUT2D eigenvalue weighted by atomic mass is 127. The van der Waals surface area contributed by atoms with Crippen molar-refractivity contribution in [1.82, 2.24) is 0 Å². The first-order valence-corrected chi connectivity index (χ1v) is 18.5. The highest BCUT2D eigenvalue weighted by Crippen LogP contribution is 2.72. The Bertz CT molecular complexity index is 1430. The second kappa shape index (κ2) is 10.3. The molecule has 4 aliphatic carbocycles. The Balaban J connectivity index is 2.04. The first-order chi connectivity index (χ1) is 18.2. The lowest BCUT2D eigenvalue weighted by Gasteiger charge is -2.66. The van der Waals surface area contributed by atoms with Crippen molar-refractivity contribution in [3.8, 4) is 0 Å². The lowest BCUT2D eigenvalue weighted by atomic mass is 9.45. The zero-order valence-electron chi connectivity index (χ0n) is 22.5. The van der Waals surface area contributed by atoms with Crippen molar-refractivity contribution >= 4 is 83.6 Å². The highest BCUT2D eigenvalue weighted by Gasteiger charge is 2.77. The van der Waals surface area contributed by atoms with Gasteiger partial charge in [-0.3, -0.25) is 22.7 Å². The molecule has 0 aromatic carbocycles. The summed E-state index contributed by atoms with van der Waals surface area (Å²) in [7, 11) is -8.48. The Kier molecular flexibility index (Phi) is 8.29. The molecular weight excluding hydrogens is 722 g/mol. The molecule has 0 N–H and O–H groups in total. The molecule has 0 amide bonds. The standard InChI is InChI=1S/C25H31Cl2IO10S2/c1-13(29)36-24(18(31)12-28)9-7-15-19-21(38-40(5,34)35)20(37-39(4,32)33)16-10-14(30)6-8-22(16,2)25(19,27)17(26)11-23(15,24)3/h6,8,10,15,17,19-21H,7,9,11-12H2,1-5H3/t15-,17-,19+,20-,21+,22-,23-,24-,25+/m0/s1. The molecule has 0 radical (unpaired) electrons. The first-order valence-electron chi connectivity index (χ1n) is 12.5. The molecule has 0 bridgehead atoms. The summed E-state index contributed by atoms with van der Waals surface area (Å²) >= 11 is 16.7. The van der Waals surface area contributed by atoms with E-state index in [0.29, 0.717) is 0 Å². The maximum absolute atomic E-state index is 13.5. The van der Waals surface area contributed by atoms with E-state index in [2.05, 4.69) is 0 Å². The fourth-order valence-corrected chi connectivity index (χ4v) is 10.8. The topological polar surface area (TPSA) is 147 Å². The summed E-state index contributed by atoms with van der Waals surface area (Å²) in [5.41, 5.74) is -3.87. The van der Waals surface area contributed by atoms with E-state index in [9.17, 15) is 31.2 Å². The average Bonchev–Trinajstić information content (AvgIpc) is 3.08. The summed E-state index contributed by atoms with van der Waals surface area (Å²) in [5, 5.41) is -0.980. The number of carbonyl (C=O) groups excluding carboxylic acids is 3. The number of hydrogen-bond acceptors (Lipinski definition) is 10. The molecular formula is C25H31Cl2IO10S2. The molecule has 0 heterocycles. The van der Waals surface area contributed by atoms with Gasteiger partial charge >= 0.3 is 5.97 Å². The van der Waals surface area contributed by atoms with Gasteiger partial charge in [-0.25, -0.2) is 0 Å². The van der Waals surface area contributed by atoms with Crippen LogP contribution in [0.5, 0.6) is 0 Å². The van der Waals surface area contributed by atoms with Crippen LogP contribution in [0.25, 0.3) is 0 Å². The summed E-state index contributed by atoms with van der Waals surface area (Å²) in [6.45, 7) is 4.67. The number of fused-ring (bicyclic) bond motifs is 5. The second-order valence-electron chi connectivity index (χ2n) is 11.5. The number of rotatable bonds is 7. The van der Waals surface area contributed by atoms with Crippen LogP contribution in [0.2, 0.25) is 0 Å². The van der Waals surface area contributed by atoms with E-state index in [-0.39, 0.29) is 35.0 Å². The molecule has 0 unspecified atom stereocenters. The van der Waals surface area contributed by atoms with Crippen LogP contribution in [0.3, 0.4) is 0 Å². The van der Waals surface area contributed by atoms with Gasteiger partial charge in [-0.05, 0) is 42.9 Å². The molecule has 3 fully saturated rings. The van der Waals surface area contributed by atoms with E-state index in [4.69, 9.17) is 36.3 Å². The maximum Gasteiger partial charge on any atom is 0.303 e. The fourth-order valence-electron chi connectivity index (χ4n) is 7.75. The number of ether oxygens (including phenoxy) is 1. The minimum atomic E-state index is -4.26. The van der Waals surface area contributed by atoms with Gasteiger partial charge in [0.1, 0.15) is 12.2 Å². The third-order valence-corrected chi connectivity index (χ3v) is 12.6. The predicted molar refractivity (Wildman–Crippen MR) is 155 cm³/mol. The van der Waals surface area contributed by atoms with Crippen LogP contribution in [-0.4, -0.2) is 79.4 Å². The molecule has 40 heavy (non-hydrogen) atoms. The fraction of sp³-hybridized carbons (Fsp3) is 0.720. The minimum absolute atomic E-state index is 0.0372. The van der Waals surface area contributed by atoms with Crippen molar-refractivity contribution in [3.05, 3.63) is 23.8 Å². The van der Waals surface area contributed by atoms with Gasteiger partial charge in [-0.2, -0.15) is 16.8 Å². The molecule has 0 aromatic rings. The molecule has 3 saturated carbocycles. The SMILES string of the molecule is CC(=O)O[C@]1(C(=O)CI)CC[C@H]2[C@@H]3[C@@H](OS(C)(=O)=O)[C@@H](OS(C)(=O)=O)C4=CC(=O)C=C[C@]4(C)[C@@]3(Cl)[C@@H](Cl)C[C@@]21C. The number of ketones is 2. The number of allylic oxidation sites excluding steroid dienone is 3. The molecule has 0 aromatic heterocycles. The van der Waals surface area contributed by atoms with Crippen LogP contribution >= 0.6 is 45.8 Å². The smallest absolute Gasteiger partial charge is 0.303 e. The van der Waals surface area contributed by atoms with Crippen molar-refractivity contribution in [3.63, 3.8) is 0 Å². The average molecular weight is 753 g/mol. The second-order valence-corrected chi connectivity index (χ2v) is 16.6. The Hall–Kier alpha value is -0.580. The molecule has 9 atom stereocenters. The van der Waals surface area contributed by atoms with Gasteiger partial charge in [0.05, 0.1) is 27.2 Å². The Morgan fingerprint density at radius 3 is 2.25 bits per heavy atom. The Morgan fingerprint density at radius 2 is 1.73 bits per heavy atom. The quantitative estimate of drug-likeness (QED) is 0.165. The van der Waals surface area contributed by atoms with Crippen LogP contribution in [0.1, 0.15) is 40.0 Å². The van der Waals surface area contributed by atoms with Crippen LogP contribution < -0.4 is 0 Å². The summed E-state index contributed by atoms with van der Waals surface area (Å²) in [5.74, 6) is -3.12. The van der Waals surface area contributed by atoms with Gasteiger partial charge in [0.2, 0.25) is 0 Å². The molecule has 224 valence electrons. The van der Waals surface area contributed by atoms with E-state index in [1.54, 1.807) is 19.9 Å². The minimum Gasteiger partial charge on any atom is -0.451 e. The highest BCUT2D eigenvalue weighted by molar-refractivity contribution is 14.1. The van der Waals surface area contributed by atoms with Crippen LogP contribution in [0, 0.1) is 22.7 Å². The van der Waals surface area contributed by atoms with Gasteiger partial charge in [0, 0.05) is 23.7 Å². The van der Waals surface area contributed by atoms with E-state index in [1.807, 2.05) is 22.6 Å². The third kappa shape index (κ3) is 4.83. The summed E-state index contributed by atoms with van der Waals surface area (Å²) in [6.07, 6.45) is 3.03. The molecule has 10 nitrogen and oxygen atoms in total. The Labute approximate surface area is 257 Å².